The molecule has 0 aromatic heterocycles. The van der Waals surface area contributed by atoms with Crippen molar-refractivity contribution in [1.29, 1.82) is 5.26 Å². The van der Waals surface area contributed by atoms with Crippen molar-refractivity contribution in [2.75, 3.05) is 0 Å². The highest BCUT2D eigenvalue weighted by Crippen LogP contribution is 2.12. The van der Waals surface area contributed by atoms with Gasteiger partial charge in [-0.1, -0.05) is 30.3 Å². The lowest BCUT2D eigenvalue weighted by atomic mass is 10.1. The highest BCUT2D eigenvalue weighted by molar-refractivity contribution is 5.82. The second-order valence-corrected chi connectivity index (χ2v) is 6.91. The molecular formula is C19H24N2O6. The number of alkyl carbamates (subject to hydrolysis) is 1. The molecule has 0 saturated carbocycles. The van der Waals surface area contributed by atoms with E-state index in [0.717, 1.165) is 5.56 Å². The first kappa shape index (κ1) is 22.0. The number of esters is 1. The van der Waals surface area contributed by atoms with Crippen LogP contribution in [0.25, 0.3) is 0 Å². The SMILES string of the molecule is CC(C)(C)OC(=O)N[C@H](Cc1ccccc1)C(=O)O[C@H](CC#N)CC(=O)O. The van der Waals surface area contributed by atoms with E-state index in [2.05, 4.69) is 5.32 Å². The summed E-state index contributed by atoms with van der Waals surface area (Å²) in [4.78, 5) is 35.5. The Morgan fingerprint density at radius 1 is 1.22 bits per heavy atom. The summed E-state index contributed by atoms with van der Waals surface area (Å²) in [5, 5.41) is 20.1. The van der Waals surface area contributed by atoms with Gasteiger partial charge in [0.05, 0.1) is 18.9 Å². The second-order valence-electron chi connectivity index (χ2n) is 6.91. The molecule has 0 heterocycles. The maximum atomic E-state index is 12.5. The molecule has 0 aliphatic carbocycles. The number of rotatable bonds is 8. The number of carboxylic acids is 1. The van der Waals surface area contributed by atoms with E-state index in [9.17, 15) is 14.4 Å². The molecule has 1 amide bonds. The molecule has 0 aliphatic heterocycles. The van der Waals surface area contributed by atoms with Gasteiger partial charge >= 0.3 is 18.0 Å². The zero-order valence-electron chi connectivity index (χ0n) is 15.6. The van der Waals surface area contributed by atoms with Crippen LogP contribution in [0, 0.1) is 11.3 Å². The fourth-order valence-corrected chi connectivity index (χ4v) is 2.19. The number of nitrogens with one attached hydrogen (secondary N) is 1. The maximum Gasteiger partial charge on any atom is 0.408 e. The lowest BCUT2D eigenvalue weighted by Crippen LogP contribution is -2.46. The molecule has 8 nitrogen and oxygen atoms in total. The Bertz CT molecular complexity index is 690. The van der Waals surface area contributed by atoms with Crippen LogP contribution in [0.15, 0.2) is 30.3 Å². The van der Waals surface area contributed by atoms with Crippen molar-refractivity contribution in [2.24, 2.45) is 0 Å². The van der Waals surface area contributed by atoms with Crippen molar-refractivity contribution >= 4 is 18.0 Å². The number of carbonyl (C=O) groups is 3. The summed E-state index contributed by atoms with van der Waals surface area (Å²) in [6, 6.07) is 9.64. The van der Waals surface area contributed by atoms with Crippen LogP contribution in [0.2, 0.25) is 0 Å². The largest absolute Gasteiger partial charge is 0.481 e. The topological polar surface area (TPSA) is 126 Å². The van der Waals surface area contributed by atoms with E-state index < -0.39 is 42.2 Å². The fraction of sp³-hybridized carbons (Fsp3) is 0.474. The molecule has 0 saturated heterocycles. The van der Waals surface area contributed by atoms with Gasteiger partial charge in [-0.15, -0.1) is 0 Å². The van der Waals surface area contributed by atoms with E-state index in [-0.39, 0.29) is 12.8 Å². The molecule has 27 heavy (non-hydrogen) atoms. The Kier molecular flexibility index (Phi) is 8.27. The van der Waals surface area contributed by atoms with Gasteiger partial charge in [-0.3, -0.25) is 4.79 Å². The zero-order chi connectivity index (χ0) is 20.4. The lowest BCUT2D eigenvalue weighted by Gasteiger charge is -2.24. The average Bonchev–Trinajstić information content (AvgIpc) is 2.53. The van der Waals surface area contributed by atoms with Crippen LogP contribution in [0.1, 0.15) is 39.2 Å². The first-order valence-corrected chi connectivity index (χ1v) is 8.43. The summed E-state index contributed by atoms with van der Waals surface area (Å²) < 4.78 is 10.3. The minimum absolute atomic E-state index is 0.130. The Labute approximate surface area is 158 Å². The molecular weight excluding hydrogens is 352 g/mol. The minimum Gasteiger partial charge on any atom is -0.481 e. The van der Waals surface area contributed by atoms with Crippen LogP contribution in [0.4, 0.5) is 4.79 Å². The normalized spacial score (nSPS) is 13.0. The number of carboxylic acid groups (broad SMARTS) is 1. The summed E-state index contributed by atoms with van der Waals surface area (Å²) in [6.07, 6.45) is -2.52. The van der Waals surface area contributed by atoms with Gasteiger partial charge in [0.1, 0.15) is 17.7 Å². The monoisotopic (exact) mass is 376 g/mol. The summed E-state index contributed by atoms with van der Waals surface area (Å²) in [5.41, 5.74) is 0.0170. The number of nitriles is 1. The number of nitrogens with zero attached hydrogens (tertiary/aromatic N) is 1. The van der Waals surface area contributed by atoms with E-state index in [0.29, 0.717) is 0 Å². The van der Waals surface area contributed by atoms with Gasteiger partial charge in [-0.2, -0.15) is 5.26 Å². The minimum atomic E-state index is -1.19. The van der Waals surface area contributed by atoms with Crippen molar-refractivity contribution in [3.8, 4) is 6.07 Å². The third kappa shape index (κ3) is 9.26. The highest BCUT2D eigenvalue weighted by Gasteiger charge is 2.28. The Hall–Kier alpha value is -3.08. The van der Waals surface area contributed by atoms with Crippen LogP contribution >= 0.6 is 0 Å². The van der Waals surface area contributed by atoms with Crippen LogP contribution in [-0.2, 0) is 25.5 Å². The Balaban J connectivity index is 2.90. The number of carbonyl (C=O) groups excluding carboxylic acids is 2. The molecule has 8 heteroatoms. The molecule has 0 fully saturated rings. The van der Waals surface area contributed by atoms with E-state index in [1.165, 1.54) is 0 Å². The predicted octanol–water partition coefficient (Wildman–Crippen LogP) is 2.42. The number of hydrogen-bond donors (Lipinski definition) is 2. The number of amides is 1. The van der Waals surface area contributed by atoms with Crippen molar-refractivity contribution in [2.45, 2.75) is 57.8 Å². The number of ether oxygens (including phenoxy) is 2. The van der Waals surface area contributed by atoms with E-state index >= 15 is 0 Å². The molecule has 1 aromatic carbocycles. The quantitative estimate of drug-likeness (QED) is 0.667. The van der Waals surface area contributed by atoms with E-state index in [1.807, 2.05) is 6.07 Å². The summed E-state index contributed by atoms with van der Waals surface area (Å²) >= 11 is 0. The molecule has 2 atom stereocenters. The van der Waals surface area contributed by atoms with E-state index in [1.54, 1.807) is 51.1 Å². The molecule has 1 aromatic rings. The predicted molar refractivity (Wildman–Crippen MR) is 95.7 cm³/mol. The average molecular weight is 376 g/mol. The lowest BCUT2D eigenvalue weighted by molar-refractivity contribution is -0.154. The smallest absolute Gasteiger partial charge is 0.408 e. The van der Waals surface area contributed by atoms with Crippen LogP contribution < -0.4 is 5.32 Å². The molecule has 0 bridgehead atoms. The molecule has 0 spiro atoms. The van der Waals surface area contributed by atoms with Gasteiger partial charge in [-0.05, 0) is 26.3 Å². The van der Waals surface area contributed by atoms with Gasteiger partial charge in [0.15, 0.2) is 0 Å². The van der Waals surface area contributed by atoms with Crippen molar-refractivity contribution in [3.63, 3.8) is 0 Å². The number of hydrogen-bond acceptors (Lipinski definition) is 6. The van der Waals surface area contributed by atoms with Gasteiger partial charge in [0, 0.05) is 6.42 Å². The van der Waals surface area contributed by atoms with Crippen molar-refractivity contribution in [3.05, 3.63) is 35.9 Å². The molecule has 146 valence electrons. The Morgan fingerprint density at radius 2 is 1.85 bits per heavy atom. The molecule has 0 radical (unpaired) electrons. The third-order valence-electron chi connectivity index (χ3n) is 3.26. The third-order valence-corrected chi connectivity index (χ3v) is 3.26. The fourth-order valence-electron chi connectivity index (χ4n) is 2.19. The Morgan fingerprint density at radius 3 is 2.37 bits per heavy atom. The molecule has 1 rings (SSSR count). The van der Waals surface area contributed by atoms with E-state index in [4.69, 9.17) is 19.8 Å². The number of benzene rings is 1. The molecule has 0 aliphatic rings. The second kappa shape index (κ2) is 10.2. The van der Waals surface area contributed by atoms with Crippen molar-refractivity contribution in [1.82, 2.24) is 5.32 Å². The standard InChI is InChI=1S/C19H24N2O6/c1-19(2,3)27-18(25)21-15(11-13-7-5-4-6-8-13)17(24)26-14(9-10-20)12-16(22)23/h4-8,14-15H,9,11-12H2,1-3H3,(H,21,25)(H,22,23)/t14-,15-/m1/s1. The maximum absolute atomic E-state index is 12.5. The van der Waals surface area contributed by atoms with Gasteiger partial charge in [0.2, 0.25) is 0 Å². The highest BCUT2D eigenvalue weighted by atomic mass is 16.6. The zero-order valence-corrected chi connectivity index (χ0v) is 15.6. The van der Waals surface area contributed by atoms with Crippen molar-refractivity contribution < 1.29 is 29.0 Å². The first-order valence-electron chi connectivity index (χ1n) is 8.43. The molecule has 0 unspecified atom stereocenters. The van der Waals surface area contributed by atoms with Gasteiger partial charge < -0.3 is 19.9 Å². The van der Waals surface area contributed by atoms with Crippen LogP contribution in [0.5, 0.6) is 0 Å². The number of aliphatic carboxylic acids is 1. The summed E-state index contributed by atoms with van der Waals surface area (Å²) in [5.74, 6) is -2.02. The van der Waals surface area contributed by atoms with Crippen LogP contribution in [-0.4, -0.2) is 40.9 Å². The molecule has 2 N–H and O–H groups in total. The van der Waals surface area contributed by atoms with Gasteiger partial charge in [0.25, 0.3) is 0 Å². The summed E-state index contributed by atoms with van der Waals surface area (Å²) in [7, 11) is 0. The summed E-state index contributed by atoms with van der Waals surface area (Å²) in [6.45, 7) is 5.06. The first-order chi connectivity index (χ1) is 12.6. The van der Waals surface area contributed by atoms with Gasteiger partial charge in [-0.25, -0.2) is 9.59 Å². The van der Waals surface area contributed by atoms with Crippen LogP contribution in [0.3, 0.4) is 0 Å².